The molecule has 2 N–H and O–H groups in total. The number of ether oxygens (including phenoxy) is 1. The summed E-state index contributed by atoms with van der Waals surface area (Å²) >= 11 is 2.27. The van der Waals surface area contributed by atoms with E-state index in [1.54, 1.807) is 0 Å². The predicted octanol–water partition coefficient (Wildman–Crippen LogP) is 4.49. The highest BCUT2D eigenvalue weighted by Gasteiger charge is 2.05. The SMILES string of the molecule is CCC(N)c1cccc(Oc2cccc(I)c2)c1. The Labute approximate surface area is 121 Å². The molecule has 0 aromatic heterocycles. The van der Waals surface area contributed by atoms with E-state index in [0.717, 1.165) is 27.1 Å². The number of halogens is 1. The van der Waals surface area contributed by atoms with E-state index in [4.69, 9.17) is 10.5 Å². The maximum atomic E-state index is 6.02. The fourth-order valence-electron chi connectivity index (χ4n) is 1.71. The van der Waals surface area contributed by atoms with Crippen LogP contribution in [0.15, 0.2) is 48.5 Å². The van der Waals surface area contributed by atoms with Crippen molar-refractivity contribution in [2.24, 2.45) is 5.73 Å². The molecule has 0 aliphatic heterocycles. The molecule has 1 atom stereocenters. The highest BCUT2D eigenvalue weighted by molar-refractivity contribution is 14.1. The fourth-order valence-corrected chi connectivity index (χ4v) is 2.23. The zero-order valence-corrected chi connectivity index (χ0v) is 12.4. The molecule has 2 aromatic rings. The molecular formula is C15H16INO. The number of hydrogen-bond acceptors (Lipinski definition) is 2. The van der Waals surface area contributed by atoms with Crippen molar-refractivity contribution in [3.05, 3.63) is 57.7 Å². The maximum absolute atomic E-state index is 6.02. The van der Waals surface area contributed by atoms with Crippen molar-refractivity contribution >= 4 is 22.6 Å². The highest BCUT2D eigenvalue weighted by Crippen LogP contribution is 2.25. The molecule has 0 fully saturated rings. The van der Waals surface area contributed by atoms with E-state index in [1.165, 1.54) is 0 Å². The molecule has 0 saturated heterocycles. The minimum absolute atomic E-state index is 0.0736. The summed E-state index contributed by atoms with van der Waals surface area (Å²) in [6, 6.07) is 16.0. The van der Waals surface area contributed by atoms with Crippen LogP contribution in [-0.4, -0.2) is 0 Å². The van der Waals surface area contributed by atoms with Gasteiger partial charge in [-0.1, -0.05) is 25.1 Å². The molecule has 1 unspecified atom stereocenters. The molecule has 0 aliphatic rings. The van der Waals surface area contributed by atoms with Gasteiger partial charge in [-0.3, -0.25) is 0 Å². The molecule has 94 valence electrons. The summed E-state index contributed by atoms with van der Waals surface area (Å²) in [6.45, 7) is 2.08. The lowest BCUT2D eigenvalue weighted by molar-refractivity contribution is 0.480. The lowest BCUT2D eigenvalue weighted by atomic mass is 10.1. The first-order chi connectivity index (χ1) is 8.69. The summed E-state index contributed by atoms with van der Waals surface area (Å²) in [5, 5.41) is 0. The van der Waals surface area contributed by atoms with Crippen molar-refractivity contribution in [2.45, 2.75) is 19.4 Å². The molecule has 2 aromatic carbocycles. The fraction of sp³-hybridized carbons (Fsp3) is 0.200. The van der Waals surface area contributed by atoms with Gasteiger partial charge in [0.05, 0.1) is 0 Å². The first-order valence-electron chi connectivity index (χ1n) is 5.98. The van der Waals surface area contributed by atoms with Crippen LogP contribution >= 0.6 is 22.6 Å². The topological polar surface area (TPSA) is 35.2 Å². The third kappa shape index (κ3) is 3.46. The van der Waals surface area contributed by atoms with Crippen molar-refractivity contribution in [2.75, 3.05) is 0 Å². The third-order valence-corrected chi connectivity index (χ3v) is 3.43. The monoisotopic (exact) mass is 353 g/mol. The van der Waals surface area contributed by atoms with Crippen molar-refractivity contribution in [1.29, 1.82) is 0 Å². The van der Waals surface area contributed by atoms with Gasteiger partial charge < -0.3 is 10.5 Å². The Balaban J connectivity index is 2.19. The first kappa shape index (κ1) is 13.4. The van der Waals surface area contributed by atoms with E-state index in [2.05, 4.69) is 29.5 Å². The smallest absolute Gasteiger partial charge is 0.128 e. The number of benzene rings is 2. The summed E-state index contributed by atoms with van der Waals surface area (Å²) in [7, 11) is 0. The molecule has 2 rings (SSSR count). The van der Waals surface area contributed by atoms with Crippen LogP contribution in [0, 0.1) is 3.57 Å². The predicted molar refractivity (Wildman–Crippen MR) is 82.9 cm³/mol. The van der Waals surface area contributed by atoms with E-state index in [0.29, 0.717) is 0 Å². The Morgan fingerprint density at radius 1 is 1.11 bits per heavy atom. The van der Waals surface area contributed by atoms with Crippen LogP contribution in [0.5, 0.6) is 11.5 Å². The van der Waals surface area contributed by atoms with Crippen molar-refractivity contribution in [1.82, 2.24) is 0 Å². The van der Waals surface area contributed by atoms with E-state index >= 15 is 0 Å². The van der Waals surface area contributed by atoms with E-state index < -0.39 is 0 Å². The summed E-state index contributed by atoms with van der Waals surface area (Å²) in [5.41, 5.74) is 7.14. The van der Waals surface area contributed by atoms with Crippen LogP contribution in [0.2, 0.25) is 0 Å². The molecule has 0 amide bonds. The van der Waals surface area contributed by atoms with Gasteiger partial charge in [0.15, 0.2) is 0 Å². The zero-order valence-electron chi connectivity index (χ0n) is 10.3. The summed E-state index contributed by atoms with van der Waals surface area (Å²) in [6.07, 6.45) is 0.923. The Bertz CT molecular complexity index is 527. The maximum Gasteiger partial charge on any atom is 0.128 e. The molecule has 2 nitrogen and oxygen atoms in total. The van der Waals surface area contributed by atoms with E-state index in [-0.39, 0.29) is 6.04 Å². The number of hydrogen-bond donors (Lipinski definition) is 1. The van der Waals surface area contributed by atoms with Crippen molar-refractivity contribution in [3.63, 3.8) is 0 Å². The summed E-state index contributed by atoms with van der Waals surface area (Å²) in [4.78, 5) is 0. The van der Waals surface area contributed by atoms with Crippen LogP contribution in [-0.2, 0) is 0 Å². The number of nitrogens with two attached hydrogens (primary N) is 1. The Kier molecular flexibility index (Phi) is 4.60. The van der Waals surface area contributed by atoms with Crippen LogP contribution in [0.4, 0.5) is 0 Å². The molecule has 0 aliphatic carbocycles. The standard InChI is InChI=1S/C15H16INO/c1-2-15(17)11-5-3-7-13(9-11)18-14-8-4-6-12(16)10-14/h3-10,15H,2,17H2,1H3. The van der Waals surface area contributed by atoms with Gasteiger partial charge in [-0.2, -0.15) is 0 Å². The van der Waals surface area contributed by atoms with Gasteiger partial charge in [0, 0.05) is 9.61 Å². The second-order valence-electron chi connectivity index (χ2n) is 4.15. The average Bonchev–Trinajstić information content (AvgIpc) is 2.38. The summed E-state index contributed by atoms with van der Waals surface area (Å²) < 4.78 is 6.99. The zero-order chi connectivity index (χ0) is 13.0. The lowest BCUT2D eigenvalue weighted by Crippen LogP contribution is -2.08. The average molecular weight is 353 g/mol. The minimum Gasteiger partial charge on any atom is -0.457 e. The van der Waals surface area contributed by atoms with Gasteiger partial charge in [0.2, 0.25) is 0 Å². The molecular weight excluding hydrogens is 337 g/mol. The molecule has 0 bridgehead atoms. The Morgan fingerprint density at radius 3 is 2.44 bits per heavy atom. The van der Waals surface area contributed by atoms with Gasteiger partial charge in [-0.05, 0) is 64.9 Å². The third-order valence-electron chi connectivity index (χ3n) is 2.76. The second-order valence-corrected chi connectivity index (χ2v) is 5.39. The molecule has 18 heavy (non-hydrogen) atoms. The molecule has 3 heteroatoms. The normalized spacial score (nSPS) is 12.2. The van der Waals surface area contributed by atoms with Crippen molar-refractivity contribution < 1.29 is 4.74 Å². The van der Waals surface area contributed by atoms with Crippen LogP contribution in [0.25, 0.3) is 0 Å². The highest BCUT2D eigenvalue weighted by atomic mass is 127. The quantitative estimate of drug-likeness (QED) is 0.822. The van der Waals surface area contributed by atoms with Crippen molar-refractivity contribution in [3.8, 4) is 11.5 Å². The molecule has 0 saturated carbocycles. The summed E-state index contributed by atoms with van der Waals surface area (Å²) in [5.74, 6) is 1.68. The van der Waals surface area contributed by atoms with Gasteiger partial charge in [0.25, 0.3) is 0 Å². The Morgan fingerprint density at radius 2 is 1.78 bits per heavy atom. The van der Waals surface area contributed by atoms with E-state index in [1.807, 2.05) is 48.5 Å². The van der Waals surface area contributed by atoms with E-state index in [9.17, 15) is 0 Å². The molecule has 0 heterocycles. The second kappa shape index (κ2) is 6.20. The van der Waals surface area contributed by atoms with Crippen LogP contribution in [0.1, 0.15) is 24.9 Å². The lowest BCUT2D eigenvalue weighted by Gasteiger charge is -2.11. The van der Waals surface area contributed by atoms with Gasteiger partial charge in [-0.25, -0.2) is 0 Å². The Hall–Kier alpha value is -1.07. The van der Waals surface area contributed by atoms with Crippen LogP contribution in [0.3, 0.4) is 0 Å². The van der Waals surface area contributed by atoms with Gasteiger partial charge in [0.1, 0.15) is 11.5 Å². The number of rotatable bonds is 4. The van der Waals surface area contributed by atoms with Gasteiger partial charge in [-0.15, -0.1) is 0 Å². The van der Waals surface area contributed by atoms with Gasteiger partial charge >= 0.3 is 0 Å². The largest absolute Gasteiger partial charge is 0.457 e. The van der Waals surface area contributed by atoms with Crippen LogP contribution < -0.4 is 10.5 Å². The first-order valence-corrected chi connectivity index (χ1v) is 7.06. The molecule has 0 spiro atoms. The minimum atomic E-state index is 0.0736. The molecule has 0 radical (unpaired) electrons.